The van der Waals surface area contributed by atoms with Crippen LogP contribution in [0.15, 0.2) is 24.3 Å². The molecule has 0 rings (SSSR count). The Hall–Kier alpha value is -1.22. The molecule has 3 N–H and O–H groups in total. The second kappa shape index (κ2) is 33.2. The van der Waals surface area contributed by atoms with E-state index in [2.05, 4.69) is 52.0 Å². The zero-order valence-corrected chi connectivity index (χ0v) is 30.7. The van der Waals surface area contributed by atoms with Gasteiger partial charge in [0.15, 0.2) is 0 Å². The molecule has 0 amide bonds. The van der Waals surface area contributed by atoms with E-state index in [1.54, 1.807) is 0 Å². The van der Waals surface area contributed by atoms with E-state index in [4.69, 9.17) is 0 Å². The molecule has 0 fully saturated rings. The Kier molecular flexibility index (Phi) is 33.8. The van der Waals surface area contributed by atoms with E-state index < -0.39 is 5.41 Å². The minimum Gasteiger partial charge on any atom is -0.344 e. The highest BCUT2D eigenvalue weighted by Crippen LogP contribution is 2.33. The normalized spacial score (nSPS) is 12.0. The maximum Gasteiger partial charge on any atom is 0.146 e. The first-order chi connectivity index (χ1) is 20.9. The number of hydrogen-bond donors (Lipinski definition) is 1. The Labute approximate surface area is 276 Å². The molecule has 0 aliphatic rings. The van der Waals surface area contributed by atoms with Gasteiger partial charge in [0.1, 0.15) is 11.6 Å². The van der Waals surface area contributed by atoms with Crippen LogP contribution in [-0.4, -0.2) is 11.6 Å². The minimum atomic E-state index is -0.804. The van der Waals surface area contributed by atoms with Crippen LogP contribution >= 0.6 is 0 Å². The van der Waals surface area contributed by atoms with Gasteiger partial charge >= 0.3 is 0 Å². The summed E-state index contributed by atoms with van der Waals surface area (Å²) < 4.78 is 0. The van der Waals surface area contributed by atoms with E-state index in [0.717, 1.165) is 25.7 Å². The monoisotopic (exact) mass is 618 g/mol. The van der Waals surface area contributed by atoms with Gasteiger partial charge in [0.25, 0.3) is 0 Å². The number of allylic oxidation sites excluding steroid dienone is 4. The largest absolute Gasteiger partial charge is 0.344 e. The van der Waals surface area contributed by atoms with E-state index in [9.17, 15) is 9.59 Å². The number of carbonyl (C=O) groups excluding carboxylic acids is 2. The summed E-state index contributed by atoms with van der Waals surface area (Å²) in [5.74, 6) is 0.425. The van der Waals surface area contributed by atoms with Crippen molar-refractivity contribution in [1.29, 1.82) is 0 Å². The lowest BCUT2D eigenvalue weighted by Gasteiger charge is -2.31. The molecule has 3 nitrogen and oxygen atoms in total. The van der Waals surface area contributed by atoms with Crippen molar-refractivity contribution < 1.29 is 9.59 Å². The van der Waals surface area contributed by atoms with Gasteiger partial charge in [-0.25, -0.2) is 0 Å². The molecule has 0 aromatic carbocycles. The van der Waals surface area contributed by atoms with Crippen molar-refractivity contribution in [2.75, 3.05) is 0 Å². The number of hydrogen-bond acceptors (Lipinski definition) is 3. The van der Waals surface area contributed by atoms with E-state index in [1.165, 1.54) is 141 Å². The third-order valence-corrected chi connectivity index (χ3v) is 9.64. The number of Topliss-reactive ketones (excluding diaryl/α,β-unsaturated/α-hetero) is 2. The molecule has 0 aromatic heterocycles. The van der Waals surface area contributed by atoms with Crippen LogP contribution in [0, 0.1) is 11.3 Å². The predicted molar refractivity (Wildman–Crippen MR) is 197 cm³/mol. The maximum atomic E-state index is 13.2. The average Bonchev–Trinajstić information content (AvgIpc) is 3.00. The molecule has 0 saturated heterocycles. The summed E-state index contributed by atoms with van der Waals surface area (Å²) in [6.07, 6.45) is 43.3. The van der Waals surface area contributed by atoms with Gasteiger partial charge in [-0.3, -0.25) is 9.59 Å². The highest BCUT2D eigenvalue weighted by atomic mass is 16.2. The van der Waals surface area contributed by atoms with Gasteiger partial charge in [-0.05, 0) is 77.0 Å². The van der Waals surface area contributed by atoms with Gasteiger partial charge in [-0.1, -0.05) is 155 Å². The van der Waals surface area contributed by atoms with Crippen LogP contribution < -0.4 is 6.15 Å². The lowest BCUT2D eigenvalue weighted by Crippen LogP contribution is -2.41. The summed E-state index contributed by atoms with van der Waals surface area (Å²) in [7, 11) is 0. The van der Waals surface area contributed by atoms with E-state index in [-0.39, 0.29) is 23.6 Å². The smallest absolute Gasteiger partial charge is 0.146 e. The van der Waals surface area contributed by atoms with Crippen molar-refractivity contribution in [3.63, 3.8) is 0 Å². The van der Waals surface area contributed by atoms with Crippen LogP contribution in [-0.2, 0) is 9.59 Å². The van der Waals surface area contributed by atoms with Crippen LogP contribution in [0.4, 0.5) is 0 Å². The standard InChI is InChI=1S/C41H76O2.H3N/c1-6-8-10-12-14-16-18-20-22-24-26-28-30-32-34-36-39(42)41(5,38(3)4)40(43)37-35-33-31-29-27-25-23-21-19-17-15-13-11-9-7-2;/h20-23,38H,6-19,24-37H2,1-5H3;1H3/b22-20-,23-21-;. The summed E-state index contributed by atoms with van der Waals surface area (Å²) in [6.45, 7) is 10.6. The Morgan fingerprint density at radius 2 is 0.705 bits per heavy atom. The summed E-state index contributed by atoms with van der Waals surface area (Å²) in [5, 5.41) is 0. The fourth-order valence-corrected chi connectivity index (χ4v) is 6.03. The maximum absolute atomic E-state index is 13.2. The number of rotatable bonds is 33. The summed E-state index contributed by atoms with van der Waals surface area (Å²) in [4.78, 5) is 26.4. The van der Waals surface area contributed by atoms with Crippen LogP contribution in [0.1, 0.15) is 214 Å². The molecule has 44 heavy (non-hydrogen) atoms. The quantitative estimate of drug-likeness (QED) is 0.0452. The van der Waals surface area contributed by atoms with Crippen LogP contribution in [0.2, 0.25) is 0 Å². The first-order valence-electron chi connectivity index (χ1n) is 19.3. The predicted octanol–water partition coefficient (Wildman–Crippen LogP) is 14.0. The van der Waals surface area contributed by atoms with Gasteiger partial charge in [0, 0.05) is 12.8 Å². The highest BCUT2D eigenvalue weighted by molar-refractivity contribution is 6.06. The number of unbranched alkanes of at least 4 members (excludes halogenated alkanes) is 22. The van der Waals surface area contributed by atoms with Crippen LogP contribution in [0.5, 0.6) is 0 Å². The summed E-state index contributed by atoms with van der Waals surface area (Å²) in [6, 6.07) is 0. The molecule has 0 unspecified atom stereocenters. The highest BCUT2D eigenvalue weighted by Gasteiger charge is 2.41. The SMILES string of the molecule is CCCCCCCC/C=C\CCCCCCCC(=O)C(C)(C(=O)CCCCCCC/C=C\CCCCCCCC)C(C)C.N. The molecule has 0 spiro atoms. The van der Waals surface area contributed by atoms with Crippen molar-refractivity contribution in [2.45, 2.75) is 214 Å². The second-order valence-electron chi connectivity index (χ2n) is 13.9. The van der Waals surface area contributed by atoms with Gasteiger partial charge in [-0.2, -0.15) is 0 Å². The first kappa shape index (κ1) is 44.9. The first-order valence-corrected chi connectivity index (χ1v) is 19.3. The molecule has 0 aliphatic heterocycles. The van der Waals surface area contributed by atoms with Crippen molar-refractivity contribution in [2.24, 2.45) is 11.3 Å². The molecule has 260 valence electrons. The molecule has 0 heterocycles. The lowest BCUT2D eigenvalue weighted by atomic mass is 9.69. The molecule has 0 atom stereocenters. The second-order valence-corrected chi connectivity index (χ2v) is 13.9. The van der Waals surface area contributed by atoms with Crippen molar-refractivity contribution >= 4 is 11.6 Å². The third kappa shape index (κ3) is 25.0. The molecule has 0 radical (unpaired) electrons. The number of ketones is 2. The molecule has 3 heteroatoms. The lowest BCUT2D eigenvalue weighted by molar-refractivity contribution is -0.143. The average molecular weight is 618 g/mol. The Morgan fingerprint density at radius 3 is 0.977 bits per heavy atom. The molecular formula is C41H79NO2. The number of carbonyl (C=O) groups is 2. The third-order valence-electron chi connectivity index (χ3n) is 9.64. The topological polar surface area (TPSA) is 69.1 Å². The van der Waals surface area contributed by atoms with Crippen LogP contribution in [0.3, 0.4) is 0 Å². The summed E-state index contributed by atoms with van der Waals surface area (Å²) in [5.41, 5.74) is -0.804. The van der Waals surface area contributed by atoms with Crippen molar-refractivity contribution in [3.05, 3.63) is 24.3 Å². The molecule has 0 saturated carbocycles. The van der Waals surface area contributed by atoms with Gasteiger partial charge < -0.3 is 6.15 Å². The molecular weight excluding hydrogens is 538 g/mol. The Morgan fingerprint density at radius 1 is 0.455 bits per heavy atom. The fraction of sp³-hybridized carbons (Fsp3) is 0.854. The van der Waals surface area contributed by atoms with Crippen molar-refractivity contribution in [3.8, 4) is 0 Å². The minimum absolute atomic E-state index is 0. The van der Waals surface area contributed by atoms with Gasteiger partial charge in [-0.15, -0.1) is 0 Å². The molecule has 0 bridgehead atoms. The summed E-state index contributed by atoms with van der Waals surface area (Å²) >= 11 is 0. The van der Waals surface area contributed by atoms with Gasteiger partial charge in [0.05, 0.1) is 5.41 Å². The zero-order valence-electron chi connectivity index (χ0n) is 30.7. The Bertz CT molecular complexity index is 641. The van der Waals surface area contributed by atoms with Crippen molar-refractivity contribution in [1.82, 2.24) is 6.15 Å². The Balaban J connectivity index is 0. The zero-order chi connectivity index (χ0) is 31.9. The van der Waals surface area contributed by atoms with E-state index in [0.29, 0.717) is 12.8 Å². The molecule has 0 aliphatic carbocycles. The van der Waals surface area contributed by atoms with Gasteiger partial charge in [0.2, 0.25) is 0 Å². The molecule has 0 aromatic rings. The van der Waals surface area contributed by atoms with E-state index in [1.807, 2.05) is 6.92 Å². The van der Waals surface area contributed by atoms with E-state index >= 15 is 0 Å². The van der Waals surface area contributed by atoms with Crippen LogP contribution in [0.25, 0.3) is 0 Å². The fourth-order valence-electron chi connectivity index (χ4n) is 6.03.